The van der Waals surface area contributed by atoms with Crippen molar-refractivity contribution in [3.8, 4) is 5.75 Å². The van der Waals surface area contributed by atoms with Crippen molar-refractivity contribution in [1.29, 1.82) is 0 Å². The van der Waals surface area contributed by atoms with E-state index in [0.29, 0.717) is 11.4 Å². The van der Waals surface area contributed by atoms with Crippen LogP contribution in [0, 0.1) is 0 Å². The van der Waals surface area contributed by atoms with Gasteiger partial charge in [-0.3, -0.25) is 14.0 Å². The van der Waals surface area contributed by atoms with Crippen molar-refractivity contribution in [2.45, 2.75) is 32.4 Å². The highest BCUT2D eigenvalue weighted by Crippen LogP contribution is 2.24. The highest BCUT2D eigenvalue weighted by molar-refractivity contribution is 7.92. The minimum absolute atomic E-state index is 0.387. The monoisotopic (exact) mass is 458 g/mol. The number of hydrogen-bond donors (Lipinski definition) is 1. The number of piperidine rings is 1. The Balaban J connectivity index is 1.59. The van der Waals surface area contributed by atoms with Gasteiger partial charge >= 0.3 is 0 Å². The summed E-state index contributed by atoms with van der Waals surface area (Å²) in [7, 11) is -2.15. The maximum atomic E-state index is 12.7. The maximum Gasteiger partial charge on any atom is 0.263 e. The van der Waals surface area contributed by atoms with E-state index in [4.69, 9.17) is 4.74 Å². The number of rotatable bonds is 8. The van der Waals surface area contributed by atoms with Crippen LogP contribution in [0.5, 0.6) is 5.75 Å². The highest BCUT2D eigenvalue weighted by Gasteiger charge is 2.29. The van der Waals surface area contributed by atoms with E-state index in [2.05, 4.69) is 27.6 Å². The third-order valence-corrected chi connectivity index (χ3v) is 6.66. The lowest BCUT2D eigenvalue weighted by Crippen LogP contribution is -2.47. The molecule has 9 heteroatoms. The number of nitrogens with one attached hydrogen (secondary N) is 1. The number of anilines is 1. The van der Waals surface area contributed by atoms with Crippen LogP contribution >= 0.6 is 0 Å². The molecule has 0 radical (unpaired) electrons. The van der Waals surface area contributed by atoms with Crippen LogP contribution in [0.25, 0.3) is 0 Å². The predicted octanol–water partition coefficient (Wildman–Crippen LogP) is 2.62. The van der Waals surface area contributed by atoms with Gasteiger partial charge in [-0.1, -0.05) is 30.3 Å². The van der Waals surface area contributed by atoms with Gasteiger partial charge in [0.1, 0.15) is 11.8 Å². The van der Waals surface area contributed by atoms with Crippen LogP contribution in [0.3, 0.4) is 0 Å². The van der Waals surface area contributed by atoms with Crippen molar-refractivity contribution in [3.05, 3.63) is 60.2 Å². The van der Waals surface area contributed by atoms with E-state index in [9.17, 15) is 13.2 Å². The molecule has 0 aliphatic carbocycles. The van der Waals surface area contributed by atoms with Crippen molar-refractivity contribution < 1.29 is 17.9 Å². The number of benzene rings is 2. The molecule has 0 unspecified atom stereocenters. The molecule has 1 heterocycles. The summed E-state index contributed by atoms with van der Waals surface area (Å²) in [5.74, 6) is 0.120. The molecule has 1 aliphatic rings. The second-order valence-corrected chi connectivity index (χ2v) is 9.71. The molecule has 32 heavy (non-hydrogen) atoms. The third-order valence-electron chi connectivity index (χ3n) is 5.42. The second-order valence-electron chi connectivity index (χ2n) is 7.85. The normalized spacial score (nSPS) is 15.7. The number of nitrogens with zero attached hydrogens (tertiary/aromatic N) is 3. The molecule has 0 aromatic heterocycles. The van der Waals surface area contributed by atoms with Gasteiger partial charge in [0.25, 0.3) is 5.91 Å². The summed E-state index contributed by atoms with van der Waals surface area (Å²) >= 11 is 0. The fraction of sp³-hybridized carbons (Fsp3) is 0.391. The Kier molecular flexibility index (Phi) is 7.87. The first-order valence-electron chi connectivity index (χ1n) is 10.5. The summed E-state index contributed by atoms with van der Waals surface area (Å²) in [5, 5.41) is 4.28. The van der Waals surface area contributed by atoms with Crippen LogP contribution in [-0.2, 0) is 21.4 Å². The SMILES string of the molecule is COc1ccc(N([C@@H](C)C(=O)NN=C2CCN(Cc3ccccc3)CC2)S(C)(=O)=O)cc1. The smallest absolute Gasteiger partial charge is 0.263 e. The fourth-order valence-corrected chi connectivity index (χ4v) is 4.86. The molecule has 172 valence electrons. The second kappa shape index (κ2) is 10.6. The first-order chi connectivity index (χ1) is 15.3. The Labute approximate surface area is 189 Å². The van der Waals surface area contributed by atoms with Gasteiger partial charge in [-0.25, -0.2) is 13.8 Å². The number of methoxy groups -OCH3 is 1. The van der Waals surface area contributed by atoms with Crippen LogP contribution < -0.4 is 14.5 Å². The average molecular weight is 459 g/mol. The van der Waals surface area contributed by atoms with Crippen LogP contribution in [0.1, 0.15) is 25.3 Å². The average Bonchev–Trinajstić information content (AvgIpc) is 2.78. The largest absolute Gasteiger partial charge is 0.497 e. The zero-order chi connectivity index (χ0) is 23.1. The van der Waals surface area contributed by atoms with Gasteiger partial charge in [-0.15, -0.1) is 0 Å². The lowest BCUT2D eigenvalue weighted by Gasteiger charge is -2.29. The van der Waals surface area contributed by atoms with E-state index in [1.165, 1.54) is 12.7 Å². The molecule has 0 bridgehead atoms. The molecular formula is C23H30N4O4S. The Morgan fingerprint density at radius 3 is 2.31 bits per heavy atom. The fourth-order valence-electron chi connectivity index (χ4n) is 3.69. The summed E-state index contributed by atoms with van der Waals surface area (Å²) in [6, 6.07) is 15.9. The molecule has 1 saturated heterocycles. The number of carbonyl (C=O) groups excluding carboxylic acids is 1. The molecule has 1 atom stereocenters. The van der Waals surface area contributed by atoms with Gasteiger partial charge in [-0.05, 0) is 36.8 Å². The molecule has 2 aromatic carbocycles. The first-order valence-corrected chi connectivity index (χ1v) is 12.4. The molecule has 1 fully saturated rings. The van der Waals surface area contributed by atoms with Crippen molar-refractivity contribution in [2.24, 2.45) is 5.10 Å². The maximum absolute atomic E-state index is 12.7. The number of amides is 1. The summed E-state index contributed by atoms with van der Waals surface area (Å²) in [5.41, 5.74) is 5.13. The number of likely N-dealkylation sites (tertiary alicyclic amines) is 1. The van der Waals surface area contributed by atoms with Crippen LogP contribution in [-0.4, -0.2) is 57.4 Å². The van der Waals surface area contributed by atoms with Crippen molar-refractivity contribution in [3.63, 3.8) is 0 Å². The third kappa shape index (κ3) is 6.30. The standard InChI is InChI=1S/C23H30N4O4S/c1-18(27(32(3,29)30)21-9-11-22(31-2)12-10-21)23(28)25-24-20-13-15-26(16-14-20)17-19-7-5-4-6-8-19/h4-12,18H,13-17H2,1-3H3,(H,25,28)/t18-/m0/s1. The van der Waals surface area contributed by atoms with E-state index >= 15 is 0 Å². The molecule has 8 nitrogen and oxygen atoms in total. The lowest BCUT2D eigenvalue weighted by molar-refractivity contribution is -0.121. The number of carbonyl (C=O) groups is 1. The number of hydrogen-bond acceptors (Lipinski definition) is 6. The minimum Gasteiger partial charge on any atom is -0.497 e. The molecule has 2 aromatic rings. The molecule has 1 amide bonds. The van der Waals surface area contributed by atoms with Gasteiger partial charge in [0.15, 0.2) is 0 Å². The van der Waals surface area contributed by atoms with Gasteiger partial charge in [0.05, 0.1) is 19.1 Å². The zero-order valence-corrected chi connectivity index (χ0v) is 19.5. The van der Waals surface area contributed by atoms with Gasteiger partial charge in [-0.2, -0.15) is 5.10 Å². The van der Waals surface area contributed by atoms with E-state index in [1.807, 2.05) is 18.2 Å². The van der Waals surface area contributed by atoms with E-state index in [0.717, 1.165) is 48.7 Å². The summed E-state index contributed by atoms with van der Waals surface area (Å²) < 4.78 is 31.0. The van der Waals surface area contributed by atoms with E-state index in [1.54, 1.807) is 31.2 Å². The predicted molar refractivity (Wildman–Crippen MR) is 126 cm³/mol. The van der Waals surface area contributed by atoms with Crippen molar-refractivity contribution >= 4 is 27.3 Å². The summed E-state index contributed by atoms with van der Waals surface area (Å²) in [4.78, 5) is 15.1. The van der Waals surface area contributed by atoms with Crippen LogP contribution in [0.2, 0.25) is 0 Å². The van der Waals surface area contributed by atoms with E-state index < -0.39 is 22.0 Å². The lowest BCUT2D eigenvalue weighted by atomic mass is 10.1. The number of ether oxygens (including phenoxy) is 1. The Hall–Kier alpha value is -2.91. The summed E-state index contributed by atoms with van der Waals surface area (Å²) in [6.07, 6.45) is 2.60. The Bertz CT molecular complexity index is 1030. The van der Waals surface area contributed by atoms with Crippen LogP contribution in [0.4, 0.5) is 5.69 Å². The topological polar surface area (TPSA) is 91.3 Å². The van der Waals surface area contributed by atoms with Crippen molar-refractivity contribution in [1.82, 2.24) is 10.3 Å². The van der Waals surface area contributed by atoms with Gasteiger partial charge in [0.2, 0.25) is 10.0 Å². The molecule has 1 aliphatic heterocycles. The minimum atomic E-state index is -3.69. The number of sulfonamides is 1. The van der Waals surface area contributed by atoms with Gasteiger partial charge < -0.3 is 4.74 Å². The molecule has 1 N–H and O–H groups in total. The molecule has 0 spiro atoms. The number of hydrazone groups is 1. The van der Waals surface area contributed by atoms with Crippen LogP contribution in [0.15, 0.2) is 59.7 Å². The Morgan fingerprint density at radius 1 is 1.12 bits per heavy atom. The molecular weight excluding hydrogens is 428 g/mol. The molecule has 0 saturated carbocycles. The Morgan fingerprint density at radius 2 is 1.75 bits per heavy atom. The first kappa shape index (κ1) is 23.7. The van der Waals surface area contributed by atoms with Crippen molar-refractivity contribution in [2.75, 3.05) is 30.8 Å². The quantitative estimate of drug-likeness (QED) is 0.614. The van der Waals surface area contributed by atoms with Gasteiger partial charge in [0, 0.05) is 38.2 Å². The highest BCUT2D eigenvalue weighted by atomic mass is 32.2. The molecule has 3 rings (SSSR count). The summed E-state index contributed by atoms with van der Waals surface area (Å²) in [6.45, 7) is 4.16. The zero-order valence-electron chi connectivity index (χ0n) is 18.7. The van der Waals surface area contributed by atoms with E-state index in [-0.39, 0.29) is 0 Å².